The van der Waals surface area contributed by atoms with Crippen LogP contribution in [0.2, 0.25) is 0 Å². The summed E-state index contributed by atoms with van der Waals surface area (Å²) in [5.41, 5.74) is 1.91. The minimum Gasteiger partial charge on any atom is -0.351 e. The SMILES string of the molecule is O=C(CC12CC3CC(CC(C3)C1)C2)Nc1ncnc2c1CCN(C(=O)c1ccno1)C2. The van der Waals surface area contributed by atoms with Gasteiger partial charge < -0.3 is 14.7 Å². The van der Waals surface area contributed by atoms with Gasteiger partial charge in [0, 0.05) is 24.6 Å². The lowest BCUT2D eigenvalue weighted by molar-refractivity contribution is -0.124. The minimum atomic E-state index is -0.200. The van der Waals surface area contributed by atoms with Crippen molar-refractivity contribution in [2.45, 2.75) is 57.9 Å². The molecule has 8 nitrogen and oxygen atoms in total. The zero-order valence-corrected chi connectivity index (χ0v) is 17.5. The number of hydrogen-bond acceptors (Lipinski definition) is 6. The van der Waals surface area contributed by atoms with E-state index in [1.54, 1.807) is 11.0 Å². The van der Waals surface area contributed by atoms with Gasteiger partial charge in [0.2, 0.25) is 11.7 Å². The number of carbonyl (C=O) groups excluding carboxylic acids is 2. The Morgan fingerprint density at radius 2 is 1.87 bits per heavy atom. The number of aromatic nitrogens is 3. The first-order valence-electron chi connectivity index (χ1n) is 11.4. The van der Waals surface area contributed by atoms with Crippen LogP contribution in [0.25, 0.3) is 0 Å². The van der Waals surface area contributed by atoms with Crippen LogP contribution in [0.5, 0.6) is 0 Å². The van der Waals surface area contributed by atoms with Gasteiger partial charge in [-0.1, -0.05) is 5.16 Å². The molecule has 8 heteroatoms. The molecule has 2 aromatic heterocycles. The molecule has 0 atom stereocenters. The standard InChI is InChI=1S/C23H27N5O3/c29-20(11-23-8-14-5-15(9-23)7-16(6-14)10-23)27-21-17-2-4-28(12-18(17)24-13-25-21)22(30)19-1-3-26-31-19/h1,3,13-16H,2,4-12H2,(H,24,25,27,29). The predicted molar refractivity (Wildman–Crippen MR) is 111 cm³/mol. The summed E-state index contributed by atoms with van der Waals surface area (Å²) in [6, 6.07) is 1.56. The highest BCUT2D eigenvalue weighted by Crippen LogP contribution is 2.61. The van der Waals surface area contributed by atoms with E-state index in [1.165, 1.54) is 51.0 Å². The second kappa shape index (κ2) is 7.14. The molecule has 3 heterocycles. The predicted octanol–water partition coefficient (Wildman–Crippen LogP) is 3.21. The average Bonchev–Trinajstić information content (AvgIpc) is 3.26. The fourth-order valence-corrected chi connectivity index (χ4v) is 7.14. The fourth-order valence-electron chi connectivity index (χ4n) is 7.14. The van der Waals surface area contributed by atoms with Crippen molar-refractivity contribution in [2.75, 3.05) is 11.9 Å². The molecule has 31 heavy (non-hydrogen) atoms. The molecule has 4 aliphatic carbocycles. The van der Waals surface area contributed by atoms with Crippen LogP contribution >= 0.6 is 0 Å². The maximum atomic E-state index is 13.1. The van der Waals surface area contributed by atoms with E-state index >= 15 is 0 Å². The lowest BCUT2D eigenvalue weighted by Gasteiger charge is -2.56. The Labute approximate surface area is 180 Å². The van der Waals surface area contributed by atoms with E-state index in [0.29, 0.717) is 31.7 Å². The number of rotatable bonds is 4. The highest BCUT2D eigenvalue weighted by molar-refractivity contribution is 5.92. The van der Waals surface area contributed by atoms with E-state index in [1.807, 2.05) is 0 Å². The summed E-state index contributed by atoms with van der Waals surface area (Å²) >= 11 is 0. The van der Waals surface area contributed by atoms with E-state index in [9.17, 15) is 9.59 Å². The molecule has 2 aromatic rings. The highest BCUT2D eigenvalue weighted by atomic mass is 16.5. The van der Waals surface area contributed by atoms with Gasteiger partial charge in [0.25, 0.3) is 5.91 Å². The van der Waals surface area contributed by atoms with Crippen LogP contribution in [0.15, 0.2) is 23.1 Å². The van der Waals surface area contributed by atoms with Gasteiger partial charge in [0.1, 0.15) is 12.1 Å². The van der Waals surface area contributed by atoms with Crippen molar-refractivity contribution in [1.82, 2.24) is 20.0 Å². The molecule has 0 aromatic carbocycles. The Balaban J connectivity index is 1.15. The first kappa shape index (κ1) is 19.0. The Morgan fingerprint density at radius 3 is 2.55 bits per heavy atom. The summed E-state index contributed by atoms with van der Waals surface area (Å²) in [5.74, 6) is 3.20. The molecule has 7 rings (SSSR count). The molecular weight excluding hydrogens is 394 g/mol. The van der Waals surface area contributed by atoms with Gasteiger partial charge in [-0.05, 0) is 68.1 Å². The van der Waals surface area contributed by atoms with Gasteiger partial charge in [0.05, 0.1) is 18.4 Å². The molecule has 4 bridgehead atoms. The first-order chi connectivity index (χ1) is 15.1. The second-order valence-corrected chi connectivity index (χ2v) is 10.1. The van der Waals surface area contributed by atoms with Crippen LogP contribution in [0, 0.1) is 23.2 Å². The van der Waals surface area contributed by atoms with Crippen LogP contribution in [0.1, 0.15) is 66.8 Å². The Bertz CT molecular complexity index is 983. The average molecular weight is 422 g/mol. The van der Waals surface area contributed by atoms with Crippen LogP contribution in [0.4, 0.5) is 5.82 Å². The third-order valence-corrected chi connectivity index (χ3v) is 7.90. The third kappa shape index (κ3) is 3.42. The van der Waals surface area contributed by atoms with Crippen molar-refractivity contribution in [1.29, 1.82) is 0 Å². The fraction of sp³-hybridized carbons (Fsp3) is 0.609. The van der Waals surface area contributed by atoms with Gasteiger partial charge >= 0.3 is 0 Å². The van der Waals surface area contributed by atoms with Crippen LogP contribution in [-0.4, -0.2) is 38.4 Å². The Hall–Kier alpha value is -2.77. The van der Waals surface area contributed by atoms with Crippen LogP contribution < -0.4 is 5.32 Å². The molecule has 4 fully saturated rings. The van der Waals surface area contributed by atoms with Crippen molar-refractivity contribution in [3.05, 3.63) is 35.6 Å². The van der Waals surface area contributed by atoms with Crippen molar-refractivity contribution in [3.8, 4) is 0 Å². The monoisotopic (exact) mass is 421 g/mol. The lowest BCUT2D eigenvalue weighted by atomic mass is 9.49. The molecule has 5 aliphatic rings. The van der Waals surface area contributed by atoms with E-state index in [-0.39, 0.29) is 23.0 Å². The van der Waals surface area contributed by atoms with Gasteiger partial charge in [-0.15, -0.1) is 0 Å². The Morgan fingerprint density at radius 1 is 1.13 bits per heavy atom. The topological polar surface area (TPSA) is 101 Å². The number of fused-ring (bicyclic) bond motifs is 1. The van der Waals surface area contributed by atoms with Gasteiger partial charge in [-0.2, -0.15) is 0 Å². The summed E-state index contributed by atoms with van der Waals surface area (Å²) < 4.78 is 5.00. The molecule has 0 unspecified atom stereocenters. The molecular formula is C23H27N5O3. The number of amides is 2. The van der Waals surface area contributed by atoms with Crippen molar-refractivity contribution >= 4 is 17.6 Å². The van der Waals surface area contributed by atoms with Crippen molar-refractivity contribution in [3.63, 3.8) is 0 Å². The number of anilines is 1. The number of hydrogen-bond donors (Lipinski definition) is 1. The van der Waals surface area contributed by atoms with Gasteiger partial charge in [-0.3, -0.25) is 9.59 Å². The molecule has 0 saturated heterocycles. The summed E-state index contributed by atoms with van der Waals surface area (Å²) in [7, 11) is 0. The summed E-state index contributed by atoms with van der Waals surface area (Å²) in [6.07, 6.45) is 11.9. The molecule has 1 aliphatic heterocycles. The Kier molecular flexibility index (Phi) is 4.36. The lowest BCUT2D eigenvalue weighted by Crippen LogP contribution is -2.47. The van der Waals surface area contributed by atoms with Crippen LogP contribution in [-0.2, 0) is 17.8 Å². The van der Waals surface area contributed by atoms with E-state index in [0.717, 1.165) is 29.0 Å². The molecule has 162 valence electrons. The largest absolute Gasteiger partial charge is 0.351 e. The zero-order valence-electron chi connectivity index (χ0n) is 17.5. The number of carbonyl (C=O) groups is 2. The highest BCUT2D eigenvalue weighted by Gasteiger charge is 2.51. The molecule has 0 radical (unpaired) electrons. The molecule has 2 amide bonds. The van der Waals surface area contributed by atoms with E-state index in [4.69, 9.17) is 4.52 Å². The number of nitrogens with one attached hydrogen (secondary N) is 1. The first-order valence-corrected chi connectivity index (χ1v) is 11.4. The van der Waals surface area contributed by atoms with E-state index < -0.39 is 0 Å². The minimum absolute atomic E-state index is 0.0722. The van der Waals surface area contributed by atoms with Crippen molar-refractivity contribution in [2.24, 2.45) is 23.2 Å². The maximum absolute atomic E-state index is 13.1. The second-order valence-electron chi connectivity index (χ2n) is 10.1. The quantitative estimate of drug-likeness (QED) is 0.813. The summed E-state index contributed by atoms with van der Waals surface area (Å²) in [5, 5.41) is 6.70. The molecule has 4 saturated carbocycles. The third-order valence-electron chi connectivity index (χ3n) is 7.90. The summed E-state index contributed by atoms with van der Waals surface area (Å²) in [4.78, 5) is 36.1. The normalized spacial score (nSPS) is 30.8. The van der Waals surface area contributed by atoms with Crippen LogP contribution in [0.3, 0.4) is 0 Å². The van der Waals surface area contributed by atoms with Gasteiger partial charge in [0.15, 0.2) is 0 Å². The summed E-state index contributed by atoms with van der Waals surface area (Å²) in [6.45, 7) is 0.896. The van der Waals surface area contributed by atoms with Gasteiger partial charge in [-0.25, -0.2) is 9.97 Å². The number of nitrogens with zero attached hydrogens (tertiary/aromatic N) is 4. The smallest absolute Gasteiger partial charge is 0.292 e. The van der Waals surface area contributed by atoms with Crippen molar-refractivity contribution < 1.29 is 14.1 Å². The zero-order chi connectivity index (χ0) is 21.0. The van der Waals surface area contributed by atoms with E-state index in [2.05, 4.69) is 20.4 Å². The molecule has 1 N–H and O–H groups in total. The maximum Gasteiger partial charge on any atom is 0.292 e. The molecule has 0 spiro atoms.